The van der Waals surface area contributed by atoms with E-state index in [2.05, 4.69) is 15.3 Å². The number of benzene rings is 2. The summed E-state index contributed by atoms with van der Waals surface area (Å²) in [6.07, 6.45) is 3.86. The largest absolute Gasteiger partial charge is 0.491 e. The first-order chi connectivity index (χ1) is 16.5. The van der Waals surface area contributed by atoms with Gasteiger partial charge in [-0.25, -0.2) is 13.4 Å². The van der Waals surface area contributed by atoms with Crippen LogP contribution in [0.25, 0.3) is 0 Å². The molecule has 3 aromatic rings. The van der Waals surface area contributed by atoms with Gasteiger partial charge in [0.05, 0.1) is 6.04 Å². The fourth-order valence-corrected chi connectivity index (χ4v) is 3.37. The van der Waals surface area contributed by atoms with E-state index in [1.165, 1.54) is 12.3 Å². The number of para-hydroxylation sites is 2. The van der Waals surface area contributed by atoms with Crippen molar-refractivity contribution in [2.24, 2.45) is 0 Å². The van der Waals surface area contributed by atoms with Crippen LogP contribution in [0, 0.1) is 0 Å². The zero-order valence-electron chi connectivity index (χ0n) is 20.1. The van der Waals surface area contributed by atoms with Crippen LogP contribution in [-0.4, -0.2) is 43.2 Å². The molecule has 1 aromatic heterocycles. The Bertz CT molecular complexity index is 1270. The lowest BCUT2D eigenvalue weighted by Crippen LogP contribution is -2.38. The molecule has 1 N–H and O–H groups in total. The van der Waals surface area contributed by atoms with E-state index in [9.17, 15) is 13.2 Å². The van der Waals surface area contributed by atoms with Gasteiger partial charge in [0.25, 0.3) is 5.91 Å². The van der Waals surface area contributed by atoms with Crippen molar-refractivity contribution in [3.05, 3.63) is 89.7 Å². The summed E-state index contributed by atoms with van der Waals surface area (Å²) in [6.45, 7) is 5.89. The second kappa shape index (κ2) is 11.1. The highest BCUT2D eigenvalue weighted by molar-refractivity contribution is 7.93. The minimum absolute atomic E-state index is 0.0115. The summed E-state index contributed by atoms with van der Waals surface area (Å²) in [5.74, 6) is 1.19. The minimum atomic E-state index is -3.41. The molecule has 0 fully saturated rings. The third-order valence-corrected chi connectivity index (χ3v) is 5.33. The van der Waals surface area contributed by atoms with Gasteiger partial charge in [-0.1, -0.05) is 57.2 Å². The van der Waals surface area contributed by atoms with E-state index in [1.54, 1.807) is 24.3 Å². The standard InChI is InChI=1S/C26H29N3O5S/c1-26(2,3)25-27-17-22(24(29-25)34-21-13-9-6-10-14-21)23(30)28-19(15-16-35(4,31)32)18-33-20-11-7-5-8-12-20/h5-17,19H,18H2,1-4H3,(H,28,30)/b16-15+/t19-/m1/s1. The van der Waals surface area contributed by atoms with E-state index in [1.807, 2.05) is 57.2 Å². The first-order valence-corrected chi connectivity index (χ1v) is 12.9. The Morgan fingerprint density at radius 3 is 2.20 bits per heavy atom. The third kappa shape index (κ3) is 8.22. The normalized spacial score (nSPS) is 12.8. The average Bonchev–Trinajstić information content (AvgIpc) is 2.81. The van der Waals surface area contributed by atoms with Crippen molar-refractivity contribution in [2.75, 3.05) is 12.9 Å². The minimum Gasteiger partial charge on any atom is -0.491 e. The Kier molecular flexibility index (Phi) is 8.24. The fraction of sp³-hybridized carbons (Fsp3) is 0.269. The molecule has 0 aliphatic rings. The summed E-state index contributed by atoms with van der Waals surface area (Å²) < 4.78 is 35.0. The Morgan fingerprint density at radius 2 is 1.63 bits per heavy atom. The van der Waals surface area contributed by atoms with Crippen molar-refractivity contribution in [1.82, 2.24) is 15.3 Å². The highest BCUT2D eigenvalue weighted by Crippen LogP contribution is 2.26. The van der Waals surface area contributed by atoms with Gasteiger partial charge < -0.3 is 14.8 Å². The predicted molar refractivity (Wildman–Crippen MR) is 134 cm³/mol. The average molecular weight is 496 g/mol. The molecular weight excluding hydrogens is 466 g/mol. The molecule has 2 aromatic carbocycles. The zero-order chi connectivity index (χ0) is 25.5. The molecule has 0 radical (unpaired) electrons. The van der Waals surface area contributed by atoms with Crippen molar-refractivity contribution in [3.8, 4) is 17.4 Å². The van der Waals surface area contributed by atoms with E-state index < -0.39 is 21.8 Å². The summed E-state index contributed by atoms with van der Waals surface area (Å²) in [7, 11) is -3.41. The van der Waals surface area contributed by atoms with Gasteiger partial charge in [-0.15, -0.1) is 0 Å². The lowest BCUT2D eigenvalue weighted by Gasteiger charge is -2.20. The number of carbonyl (C=O) groups is 1. The quantitative estimate of drug-likeness (QED) is 0.471. The lowest BCUT2D eigenvalue weighted by atomic mass is 9.95. The molecule has 0 saturated carbocycles. The van der Waals surface area contributed by atoms with Gasteiger partial charge in [0.15, 0.2) is 9.84 Å². The molecule has 1 amide bonds. The van der Waals surface area contributed by atoms with Crippen LogP contribution in [0.3, 0.4) is 0 Å². The van der Waals surface area contributed by atoms with Gasteiger partial charge in [0.1, 0.15) is 29.5 Å². The fourth-order valence-electron chi connectivity index (χ4n) is 2.89. The SMILES string of the molecule is CC(C)(C)c1ncc(C(=O)N[C@H](/C=C/S(C)(=O)=O)COc2ccccc2)c(Oc2ccccc2)n1. The first kappa shape index (κ1) is 25.9. The molecule has 0 saturated heterocycles. The van der Waals surface area contributed by atoms with Crippen LogP contribution in [0.2, 0.25) is 0 Å². The van der Waals surface area contributed by atoms with Crippen LogP contribution in [-0.2, 0) is 15.3 Å². The number of hydrogen-bond acceptors (Lipinski definition) is 7. The molecule has 3 rings (SSSR count). The van der Waals surface area contributed by atoms with E-state index in [4.69, 9.17) is 9.47 Å². The Balaban J connectivity index is 1.88. The first-order valence-electron chi connectivity index (χ1n) is 11.0. The molecule has 184 valence electrons. The molecular formula is C26H29N3O5S. The molecule has 0 spiro atoms. The number of aromatic nitrogens is 2. The summed E-state index contributed by atoms with van der Waals surface area (Å²) in [5, 5.41) is 3.82. The maximum Gasteiger partial charge on any atom is 0.258 e. The Morgan fingerprint density at radius 1 is 1.03 bits per heavy atom. The monoisotopic (exact) mass is 495 g/mol. The third-order valence-electron chi connectivity index (χ3n) is 4.67. The van der Waals surface area contributed by atoms with Gasteiger partial charge >= 0.3 is 0 Å². The lowest BCUT2D eigenvalue weighted by molar-refractivity contribution is 0.0929. The van der Waals surface area contributed by atoms with Gasteiger partial charge in [0, 0.05) is 23.3 Å². The molecule has 8 nitrogen and oxygen atoms in total. The van der Waals surface area contributed by atoms with E-state index in [0.29, 0.717) is 17.3 Å². The van der Waals surface area contributed by atoms with Crippen molar-refractivity contribution < 1.29 is 22.7 Å². The highest BCUT2D eigenvalue weighted by Gasteiger charge is 2.24. The molecule has 35 heavy (non-hydrogen) atoms. The molecule has 0 bridgehead atoms. The van der Waals surface area contributed by atoms with Crippen LogP contribution < -0.4 is 14.8 Å². The van der Waals surface area contributed by atoms with Crippen LogP contribution in [0.15, 0.2) is 78.3 Å². The predicted octanol–water partition coefficient (Wildman–Crippen LogP) is 4.30. The van der Waals surface area contributed by atoms with Crippen LogP contribution in [0.4, 0.5) is 0 Å². The van der Waals surface area contributed by atoms with E-state index in [-0.39, 0.29) is 23.5 Å². The van der Waals surface area contributed by atoms with E-state index >= 15 is 0 Å². The summed E-state index contributed by atoms with van der Waals surface area (Å²) >= 11 is 0. The second-order valence-electron chi connectivity index (χ2n) is 8.94. The van der Waals surface area contributed by atoms with Gasteiger partial charge in [-0.3, -0.25) is 4.79 Å². The Hall–Kier alpha value is -3.72. The van der Waals surface area contributed by atoms with Gasteiger partial charge in [-0.2, -0.15) is 4.98 Å². The number of rotatable bonds is 9. The van der Waals surface area contributed by atoms with Crippen molar-refractivity contribution in [3.63, 3.8) is 0 Å². The molecule has 9 heteroatoms. The number of ether oxygens (including phenoxy) is 2. The summed E-state index contributed by atoms with van der Waals surface area (Å²) in [4.78, 5) is 22.1. The maximum atomic E-state index is 13.3. The van der Waals surface area contributed by atoms with Crippen molar-refractivity contribution >= 4 is 15.7 Å². The molecule has 1 heterocycles. The molecule has 1 atom stereocenters. The number of hydrogen-bond donors (Lipinski definition) is 1. The number of carbonyl (C=O) groups excluding carboxylic acids is 1. The van der Waals surface area contributed by atoms with Crippen molar-refractivity contribution in [2.45, 2.75) is 32.2 Å². The number of sulfone groups is 1. The number of nitrogens with one attached hydrogen (secondary N) is 1. The van der Waals surface area contributed by atoms with Crippen molar-refractivity contribution in [1.29, 1.82) is 0 Å². The Labute approximate surface area is 206 Å². The zero-order valence-corrected chi connectivity index (χ0v) is 21.0. The molecule has 0 aliphatic carbocycles. The van der Waals surface area contributed by atoms with Crippen LogP contribution in [0.5, 0.6) is 17.4 Å². The maximum absolute atomic E-state index is 13.3. The van der Waals surface area contributed by atoms with Gasteiger partial charge in [-0.05, 0) is 30.3 Å². The van der Waals surface area contributed by atoms with E-state index in [0.717, 1.165) is 11.7 Å². The van der Waals surface area contributed by atoms with Crippen LogP contribution in [0.1, 0.15) is 37.0 Å². The summed E-state index contributed by atoms with van der Waals surface area (Å²) in [6, 6.07) is 17.3. The second-order valence-corrected chi connectivity index (χ2v) is 10.9. The molecule has 0 unspecified atom stereocenters. The van der Waals surface area contributed by atoms with Crippen LogP contribution >= 0.6 is 0 Å². The van der Waals surface area contributed by atoms with Gasteiger partial charge in [0.2, 0.25) is 5.88 Å². The highest BCUT2D eigenvalue weighted by atomic mass is 32.2. The number of nitrogens with zero attached hydrogens (tertiary/aromatic N) is 2. The summed E-state index contributed by atoms with van der Waals surface area (Å²) in [5.41, 5.74) is -0.256. The topological polar surface area (TPSA) is 107 Å². The number of amides is 1. The smallest absolute Gasteiger partial charge is 0.258 e. The molecule has 0 aliphatic heterocycles.